The number of carbonyl (C=O) groups excluding carboxylic acids is 2. The summed E-state index contributed by atoms with van der Waals surface area (Å²) >= 11 is 1.16. The van der Waals surface area contributed by atoms with E-state index in [-0.39, 0.29) is 22.4 Å². The molecular formula is C19H30O3S. The molecule has 0 aliphatic heterocycles. The van der Waals surface area contributed by atoms with Gasteiger partial charge in [-0.15, -0.1) is 0 Å². The van der Waals surface area contributed by atoms with E-state index >= 15 is 0 Å². The zero-order chi connectivity index (χ0) is 16.6. The Labute approximate surface area is 144 Å². The second-order valence-corrected chi connectivity index (χ2v) is 9.92. The van der Waals surface area contributed by atoms with Crippen LogP contribution < -0.4 is 0 Å². The first-order valence-corrected chi connectivity index (χ1v) is 10.1. The van der Waals surface area contributed by atoms with Gasteiger partial charge >= 0.3 is 5.97 Å². The summed E-state index contributed by atoms with van der Waals surface area (Å²) < 4.78 is 5.37. The van der Waals surface area contributed by atoms with Crippen LogP contribution in [-0.2, 0) is 14.3 Å². The van der Waals surface area contributed by atoms with Crippen LogP contribution in [0.2, 0.25) is 0 Å². The van der Waals surface area contributed by atoms with Gasteiger partial charge in [0.15, 0.2) is 5.12 Å². The zero-order valence-corrected chi connectivity index (χ0v) is 15.5. The van der Waals surface area contributed by atoms with Crippen molar-refractivity contribution >= 4 is 22.8 Å². The SMILES string of the molecule is CC(=O)SC(CCC12CC3CC(CC(C3)C1)C2)C(=O)OC(C)C. The van der Waals surface area contributed by atoms with Crippen LogP contribution in [0.4, 0.5) is 0 Å². The van der Waals surface area contributed by atoms with Gasteiger partial charge in [0.25, 0.3) is 0 Å². The normalized spacial score (nSPS) is 36.3. The maximum Gasteiger partial charge on any atom is 0.319 e. The molecule has 4 aliphatic rings. The zero-order valence-electron chi connectivity index (χ0n) is 14.7. The van der Waals surface area contributed by atoms with Gasteiger partial charge in [-0.2, -0.15) is 0 Å². The van der Waals surface area contributed by atoms with Gasteiger partial charge in [0.05, 0.1) is 6.10 Å². The van der Waals surface area contributed by atoms with Crippen LogP contribution in [0.25, 0.3) is 0 Å². The van der Waals surface area contributed by atoms with E-state index in [2.05, 4.69) is 0 Å². The van der Waals surface area contributed by atoms with Gasteiger partial charge < -0.3 is 4.74 Å². The molecule has 4 heteroatoms. The lowest BCUT2D eigenvalue weighted by molar-refractivity contribution is -0.147. The van der Waals surface area contributed by atoms with Gasteiger partial charge in [-0.05, 0) is 88.4 Å². The highest BCUT2D eigenvalue weighted by atomic mass is 32.2. The lowest BCUT2D eigenvalue weighted by Gasteiger charge is -2.57. The molecule has 130 valence electrons. The molecule has 0 radical (unpaired) electrons. The van der Waals surface area contributed by atoms with Crippen molar-refractivity contribution in [3.8, 4) is 0 Å². The largest absolute Gasteiger partial charge is 0.462 e. The average Bonchev–Trinajstić information content (AvgIpc) is 2.40. The van der Waals surface area contributed by atoms with Crippen molar-refractivity contribution in [3.05, 3.63) is 0 Å². The van der Waals surface area contributed by atoms with E-state index in [9.17, 15) is 9.59 Å². The van der Waals surface area contributed by atoms with Crippen molar-refractivity contribution in [1.82, 2.24) is 0 Å². The molecule has 4 bridgehead atoms. The highest BCUT2D eigenvalue weighted by Gasteiger charge is 2.50. The fraction of sp³-hybridized carbons (Fsp3) is 0.895. The molecule has 4 saturated carbocycles. The van der Waals surface area contributed by atoms with Gasteiger partial charge in [0.2, 0.25) is 0 Å². The molecule has 1 unspecified atom stereocenters. The molecule has 0 amide bonds. The molecule has 4 fully saturated rings. The number of hydrogen-bond donors (Lipinski definition) is 0. The van der Waals surface area contributed by atoms with E-state index in [0.717, 1.165) is 42.4 Å². The van der Waals surface area contributed by atoms with E-state index < -0.39 is 0 Å². The van der Waals surface area contributed by atoms with E-state index in [1.807, 2.05) is 13.8 Å². The summed E-state index contributed by atoms with van der Waals surface area (Å²) in [5.74, 6) is 2.60. The standard InChI is InChI=1S/C19H30O3S/c1-12(2)22-18(21)17(23-13(3)20)4-5-19-9-14-6-15(10-19)8-16(7-14)11-19/h12,14-17H,4-11H2,1-3H3. The van der Waals surface area contributed by atoms with Gasteiger partial charge in [0.1, 0.15) is 5.25 Å². The van der Waals surface area contributed by atoms with E-state index in [1.165, 1.54) is 38.5 Å². The molecule has 0 N–H and O–H groups in total. The predicted octanol–water partition coefficient (Wildman–Crippen LogP) is 4.58. The molecule has 0 spiro atoms. The van der Waals surface area contributed by atoms with Crippen molar-refractivity contribution in [2.24, 2.45) is 23.2 Å². The topological polar surface area (TPSA) is 43.4 Å². The molecule has 0 saturated heterocycles. The van der Waals surface area contributed by atoms with Crippen LogP contribution in [-0.4, -0.2) is 22.4 Å². The number of carbonyl (C=O) groups is 2. The third-order valence-electron chi connectivity index (χ3n) is 6.02. The van der Waals surface area contributed by atoms with Gasteiger partial charge in [-0.3, -0.25) is 9.59 Å². The Bertz CT molecular complexity index is 436. The molecule has 3 nitrogen and oxygen atoms in total. The first kappa shape index (κ1) is 17.3. The number of esters is 1. The van der Waals surface area contributed by atoms with Crippen LogP contribution >= 0.6 is 11.8 Å². The lowest BCUT2D eigenvalue weighted by atomic mass is 9.48. The fourth-order valence-corrected chi connectivity index (χ4v) is 6.56. The molecule has 23 heavy (non-hydrogen) atoms. The highest BCUT2D eigenvalue weighted by molar-refractivity contribution is 8.14. The van der Waals surface area contributed by atoms with Crippen LogP contribution in [0.1, 0.15) is 72.1 Å². The van der Waals surface area contributed by atoms with Crippen molar-refractivity contribution in [3.63, 3.8) is 0 Å². The molecule has 0 aromatic carbocycles. The number of ether oxygens (including phenoxy) is 1. The Morgan fingerprint density at radius 1 is 1.09 bits per heavy atom. The first-order chi connectivity index (χ1) is 10.8. The molecule has 4 rings (SSSR count). The van der Waals surface area contributed by atoms with E-state index in [0.29, 0.717) is 5.41 Å². The predicted molar refractivity (Wildman–Crippen MR) is 93.1 cm³/mol. The van der Waals surface area contributed by atoms with Crippen LogP contribution in [0.5, 0.6) is 0 Å². The molecular weight excluding hydrogens is 308 g/mol. The smallest absolute Gasteiger partial charge is 0.319 e. The minimum atomic E-state index is -0.317. The summed E-state index contributed by atoms with van der Waals surface area (Å²) in [7, 11) is 0. The second kappa shape index (κ2) is 6.78. The summed E-state index contributed by atoms with van der Waals surface area (Å²) in [6, 6.07) is 0. The Kier molecular flexibility index (Phi) is 5.10. The third-order valence-corrected chi connectivity index (χ3v) is 7.07. The maximum absolute atomic E-state index is 12.3. The molecule has 0 aromatic heterocycles. The minimum Gasteiger partial charge on any atom is -0.462 e. The van der Waals surface area contributed by atoms with E-state index in [1.54, 1.807) is 6.92 Å². The summed E-state index contributed by atoms with van der Waals surface area (Å²) in [5.41, 5.74) is 0.461. The van der Waals surface area contributed by atoms with Crippen molar-refractivity contribution < 1.29 is 14.3 Å². The Hall–Kier alpha value is -0.510. The third kappa shape index (κ3) is 4.12. The maximum atomic E-state index is 12.3. The summed E-state index contributed by atoms with van der Waals surface area (Å²) in [4.78, 5) is 23.8. The summed E-state index contributed by atoms with van der Waals surface area (Å²) in [5, 5.41) is -0.302. The quantitative estimate of drug-likeness (QED) is 0.665. The lowest BCUT2D eigenvalue weighted by Crippen LogP contribution is -2.46. The van der Waals surface area contributed by atoms with Gasteiger partial charge in [-0.25, -0.2) is 0 Å². The first-order valence-electron chi connectivity index (χ1n) is 9.23. The minimum absolute atomic E-state index is 0.0150. The van der Waals surface area contributed by atoms with Crippen LogP contribution in [0, 0.1) is 23.2 Å². The second-order valence-electron chi connectivity index (χ2n) is 8.54. The molecule has 0 heterocycles. The molecule has 1 atom stereocenters. The number of hydrogen-bond acceptors (Lipinski definition) is 4. The van der Waals surface area contributed by atoms with Gasteiger partial charge in [0, 0.05) is 6.92 Å². The summed E-state index contributed by atoms with van der Waals surface area (Å²) in [6.07, 6.45) is 10.2. The van der Waals surface area contributed by atoms with Crippen LogP contribution in [0.15, 0.2) is 0 Å². The monoisotopic (exact) mass is 338 g/mol. The summed E-state index contributed by atoms with van der Waals surface area (Å²) in [6.45, 7) is 5.28. The van der Waals surface area contributed by atoms with Crippen LogP contribution in [0.3, 0.4) is 0 Å². The van der Waals surface area contributed by atoms with Crippen molar-refractivity contribution in [2.45, 2.75) is 83.5 Å². The van der Waals surface area contributed by atoms with Crippen molar-refractivity contribution in [1.29, 1.82) is 0 Å². The Morgan fingerprint density at radius 2 is 1.61 bits per heavy atom. The number of thioether (sulfide) groups is 1. The molecule has 4 aliphatic carbocycles. The molecule has 0 aromatic rings. The Balaban J connectivity index is 1.61. The average molecular weight is 339 g/mol. The highest BCUT2D eigenvalue weighted by Crippen LogP contribution is 2.61. The van der Waals surface area contributed by atoms with Crippen molar-refractivity contribution in [2.75, 3.05) is 0 Å². The van der Waals surface area contributed by atoms with E-state index in [4.69, 9.17) is 4.74 Å². The fourth-order valence-electron chi connectivity index (χ4n) is 5.77. The van der Waals surface area contributed by atoms with Gasteiger partial charge in [-0.1, -0.05) is 11.8 Å². The Morgan fingerprint density at radius 3 is 2.04 bits per heavy atom. The number of rotatable bonds is 6.